The van der Waals surface area contributed by atoms with Crippen LogP contribution in [0.3, 0.4) is 0 Å². The fraction of sp³-hybridized carbons (Fsp3) is 0.370. The highest BCUT2D eigenvalue weighted by molar-refractivity contribution is 6.00. The predicted molar refractivity (Wildman–Crippen MR) is 130 cm³/mol. The lowest BCUT2D eigenvalue weighted by molar-refractivity contribution is -0.116. The highest BCUT2D eigenvalue weighted by Gasteiger charge is 2.22. The Kier molecular flexibility index (Phi) is 6.59. The predicted octanol–water partition coefficient (Wildman–Crippen LogP) is 4.51. The van der Waals surface area contributed by atoms with Gasteiger partial charge in [-0.05, 0) is 67.6 Å². The molecule has 0 saturated carbocycles. The van der Waals surface area contributed by atoms with Crippen LogP contribution < -0.4 is 14.8 Å². The first kappa shape index (κ1) is 22.2. The van der Waals surface area contributed by atoms with E-state index in [0.717, 1.165) is 55.8 Å². The molecule has 1 fully saturated rings. The molecule has 0 aliphatic carbocycles. The highest BCUT2D eigenvalue weighted by atomic mass is 16.6. The van der Waals surface area contributed by atoms with Crippen molar-refractivity contribution in [1.29, 1.82) is 5.26 Å². The van der Waals surface area contributed by atoms with Gasteiger partial charge in [-0.1, -0.05) is 18.2 Å². The number of hydrogen-bond donors (Lipinski definition) is 1. The van der Waals surface area contributed by atoms with Gasteiger partial charge in [-0.2, -0.15) is 5.26 Å². The summed E-state index contributed by atoms with van der Waals surface area (Å²) in [5, 5.41) is 13.1. The molecule has 7 nitrogen and oxygen atoms in total. The van der Waals surface area contributed by atoms with Gasteiger partial charge in [-0.3, -0.25) is 9.69 Å². The lowest BCUT2D eigenvalue weighted by Crippen LogP contribution is -2.35. The maximum atomic E-state index is 12.7. The zero-order chi connectivity index (χ0) is 23.3. The molecule has 34 heavy (non-hydrogen) atoms. The lowest BCUT2D eigenvalue weighted by Gasteiger charge is -2.33. The number of piperidine rings is 1. The molecular weight excluding hydrogens is 428 g/mol. The second kappa shape index (κ2) is 10.1. The maximum absolute atomic E-state index is 12.7. The number of pyridine rings is 1. The van der Waals surface area contributed by atoms with Gasteiger partial charge >= 0.3 is 0 Å². The summed E-state index contributed by atoms with van der Waals surface area (Å²) in [5.74, 6) is 2.13. The van der Waals surface area contributed by atoms with Crippen molar-refractivity contribution in [3.05, 3.63) is 59.8 Å². The van der Waals surface area contributed by atoms with E-state index in [0.29, 0.717) is 42.5 Å². The lowest BCUT2D eigenvalue weighted by atomic mass is 9.93. The number of carbonyl (C=O) groups excluding carboxylic acids is 1. The smallest absolute Gasteiger partial charge is 0.224 e. The van der Waals surface area contributed by atoms with Crippen molar-refractivity contribution in [2.75, 3.05) is 31.6 Å². The van der Waals surface area contributed by atoms with E-state index in [1.54, 1.807) is 6.07 Å². The Balaban J connectivity index is 1.15. The fourth-order valence-corrected chi connectivity index (χ4v) is 4.83. The number of nitriles is 1. The molecule has 3 heterocycles. The molecule has 0 spiro atoms. The van der Waals surface area contributed by atoms with Crippen molar-refractivity contribution >= 4 is 22.5 Å². The Bertz CT molecular complexity index is 1240. The van der Waals surface area contributed by atoms with E-state index in [2.05, 4.69) is 33.4 Å². The molecule has 2 aromatic carbocycles. The van der Waals surface area contributed by atoms with E-state index in [9.17, 15) is 4.79 Å². The van der Waals surface area contributed by atoms with Crippen molar-refractivity contribution in [2.45, 2.75) is 32.2 Å². The van der Waals surface area contributed by atoms with Crippen LogP contribution >= 0.6 is 0 Å². The molecule has 0 radical (unpaired) electrons. The number of amides is 1. The standard InChI is InChI=1S/C27H28N4O3/c28-16-22-9-8-21-4-1-5-23(27(21)29-22)30-26(32)11-7-19-3-2-12-31(17-19)18-20-6-10-24-25(15-20)34-14-13-33-24/h1,4-6,8-10,15,19H,2-3,7,11-14,17-18H2,(H,30,32). The summed E-state index contributed by atoms with van der Waals surface area (Å²) in [4.78, 5) is 19.6. The summed E-state index contributed by atoms with van der Waals surface area (Å²) >= 11 is 0. The van der Waals surface area contributed by atoms with Crippen molar-refractivity contribution in [2.24, 2.45) is 5.92 Å². The van der Waals surface area contributed by atoms with E-state index >= 15 is 0 Å². The third-order valence-electron chi connectivity index (χ3n) is 6.50. The van der Waals surface area contributed by atoms with Gasteiger partial charge in [-0.15, -0.1) is 0 Å². The zero-order valence-electron chi connectivity index (χ0n) is 19.1. The Morgan fingerprint density at radius 1 is 1.15 bits per heavy atom. The van der Waals surface area contributed by atoms with E-state index in [4.69, 9.17) is 14.7 Å². The first-order valence-electron chi connectivity index (χ1n) is 11.9. The number of hydrogen-bond acceptors (Lipinski definition) is 6. The number of fused-ring (bicyclic) bond motifs is 2. The number of carbonyl (C=O) groups is 1. The van der Waals surface area contributed by atoms with Crippen molar-refractivity contribution in [3.8, 4) is 17.6 Å². The number of nitrogens with zero attached hydrogens (tertiary/aromatic N) is 3. The average Bonchev–Trinajstić information content (AvgIpc) is 2.87. The number of rotatable bonds is 6. The number of anilines is 1. The molecule has 0 bridgehead atoms. The van der Waals surface area contributed by atoms with Gasteiger partial charge in [-0.25, -0.2) is 4.98 Å². The number of aromatic nitrogens is 1. The van der Waals surface area contributed by atoms with Crippen molar-refractivity contribution in [3.63, 3.8) is 0 Å². The Hall–Kier alpha value is -3.63. The molecule has 1 aromatic heterocycles. The molecule has 1 N–H and O–H groups in total. The van der Waals surface area contributed by atoms with Gasteiger partial charge in [0.25, 0.3) is 0 Å². The van der Waals surface area contributed by atoms with E-state index < -0.39 is 0 Å². The van der Waals surface area contributed by atoms with Crippen LogP contribution in [0.2, 0.25) is 0 Å². The summed E-state index contributed by atoms with van der Waals surface area (Å²) in [6, 6.07) is 17.5. The van der Waals surface area contributed by atoms with Crippen LogP contribution in [0, 0.1) is 17.2 Å². The van der Waals surface area contributed by atoms with Crippen LogP contribution in [-0.4, -0.2) is 42.1 Å². The van der Waals surface area contributed by atoms with Crippen molar-refractivity contribution < 1.29 is 14.3 Å². The maximum Gasteiger partial charge on any atom is 0.224 e. The van der Waals surface area contributed by atoms with Gasteiger partial charge in [0, 0.05) is 24.9 Å². The molecule has 2 aliphatic heterocycles. The molecule has 3 aromatic rings. The van der Waals surface area contributed by atoms with E-state index in [1.165, 1.54) is 5.56 Å². The first-order valence-corrected chi connectivity index (χ1v) is 11.9. The summed E-state index contributed by atoms with van der Waals surface area (Å²) in [7, 11) is 0. The summed E-state index contributed by atoms with van der Waals surface area (Å²) in [6.45, 7) is 4.13. The van der Waals surface area contributed by atoms with Crippen LogP contribution in [0.4, 0.5) is 5.69 Å². The molecule has 1 unspecified atom stereocenters. The van der Waals surface area contributed by atoms with Gasteiger partial charge in [0.2, 0.25) is 5.91 Å². The van der Waals surface area contributed by atoms with Gasteiger partial charge in [0.05, 0.1) is 11.2 Å². The number of likely N-dealkylation sites (tertiary alicyclic amines) is 1. The minimum absolute atomic E-state index is 0.0133. The number of ether oxygens (including phenoxy) is 2. The Labute approximate surface area is 199 Å². The van der Waals surface area contributed by atoms with Gasteiger partial charge in [0.1, 0.15) is 25.0 Å². The number of para-hydroxylation sites is 1. The second-order valence-corrected chi connectivity index (χ2v) is 8.99. The SMILES string of the molecule is N#Cc1ccc2cccc(NC(=O)CCC3CCCN(Cc4ccc5c(c4)OCCO5)C3)c2n1. The Morgan fingerprint density at radius 3 is 2.91 bits per heavy atom. The molecule has 1 saturated heterocycles. The quantitative estimate of drug-likeness (QED) is 0.587. The molecule has 174 valence electrons. The molecular formula is C27H28N4O3. The molecule has 1 atom stereocenters. The normalized spacial score (nSPS) is 17.8. The number of nitrogens with one attached hydrogen (secondary N) is 1. The highest BCUT2D eigenvalue weighted by Crippen LogP contribution is 2.32. The minimum atomic E-state index is -0.0133. The van der Waals surface area contributed by atoms with Gasteiger partial charge < -0.3 is 14.8 Å². The molecule has 2 aliphatic rings. The molecule has 5 rings (SSSR count). The second-order valence-electron chi connectivity index (χ2n) is 8.99. The fourth-order valence-electron chi connectivity index (χ4n) is 4.83. The van der Waals surface area contributed by atoms with Crippen LogP contribution in [0.5, 0.6) is 11.5 Å². The van der Waals surface area contributed by atoms with Crippen LogP contribution in [-0.2, 0) is 11.3 Å². The number of benzene rings is 2. The minimum Gasteiger partial charge on any atom is -0.486 e. The average molecular weight is 457 g/mol. The van der Waals surface area contributed by atoms with Crippen LogP contribution in [0.25, 0.3) is 10.9 Å². The topological polar surface area (TPSA) is 87.5 Å². The van der Waals surface area contributed by atoms with E-state index in [1.807, 2.05) is 30.3 Å². The largest absolute Gasteiger partial charge is 0.486 e. The monoisotopic (exact) mass is 456 g/mol. The third-order valence-corrected chi connectivity index (χ3v) is 6.50. The molecule has 7 heteroatoms. The van der Waals surface area contributed by atoms with Crippen LogP contribution in [0.1, 0.15) is 36.9 Å². The van der Waals surface area contributed by atoms with E-state index in [-0.39, 0.29) is 5.91 Å². The summed E-state index contributed by atoms with van der Waals surface area (Å²) in [6.07, 6.45) is 3.61. The summed E-state index contributed by atoms with van der Waals surface area (Å²) < 4.78 is 11.3. The van der Waals surface area contributed by atoms with Crippen LogP contribution in [0.15, 0.2) is 48.5 Å². The molecule has 1 amide bonds. The first-order chi connectivity index (χ1) is 16.7. The zero-order valence-corrected chi connectivity index (χ0v) is 19.1. The Morgan fingerprint density at radius 2 is 2.03 bits per heavy atom. The van der Waals surface area contributed by atoms with Gasteiger partial charge in [0.15, 0.2) is 11.5 Å². The third kappa shape index (κ3) is 5.13. The van der Waals surface area contributed by atoms with Crippen molar-refractivity contribution in [1.82, 2.24) is 9.88 Å². The summed E-state index contributed by atoms with van der Waals surface area (Å²) in [5.41, 5.74) is 2.87.